The van der Waals surface area contributed by atoms with Crippen molar-refractivity contribution in [3.05, 3.63) is 61.8 Å². The molecule has 0 bridgehead atoms. The van der Waals surface area contributed by atoms with Crippen LogP contribution in [0.4, 0.5) is 4.79 Å². The Bertz CT molecular complexity index is 1800. The van der Waals surface area contributed by atoms with Gasteiger partial charge in [-0.15, -0.1) is 21.1 Å². The molecule has 0 fully saturated rings. The molecule has 0 aliphatic rings. The van der Waals surface area contributed by atoms with E-state index in [-0.39, 0.29) is 16.5 Å². The van der Waals surface area contributed by atoms with Crippen LogP contribution in [0.25, 0.3) is 10.9 Å². The second-order valence-corrected chi connectivity index (χ2v) is 10.9. The summed E-state index contributed by atoms with van der Waals surface area (Å²) in [5, 5.41) is 14.7. The molecule has 4 rings (SSSR count). The molecule has 1 amide bonds. The van der Waals surface area contributed by atoms with Gasteiger partial charge in [0.05, 0.1) is 24.8 Å². The SMILES string of the molecule is COC(=O)c1csc(C)c1S(=O)(=O)NC(=O)n1nc(OC)n(C)c1=O.O=C(O)COc1ccc(Cl)c2cccnc12. The number of amides is 1. The number of aryl methyl sites for hydroxylation is 1. The van der Waals surface area contributed by atoms with Crippen LogP contribution in [0.2, 0.25) is 5.02 Å². The fourth-order valence-corrected chi connectivity index (χ4v) is 6.05. The largest absolute Gasteiger partial charge is 0.480 e. The van der Waals surface area contributed by atoms with Crippen molar-refractivity contribution in [3.8, 4) is 11.8 Å². The summed E-state index contributed by atoms with van der Waals surface area (Å²) in [5.41, 5.74) is -0.549. The molecule has 0 saturated heterocycles. The number of fused-ring (bicyclic) bond motifs is 1. The first-order chi connectivity index (χ1) is 19.3. The Hall–Kier alpha value is -4.48. The molecule has 4 aromatic rings. The third-order valence-electron chi connectivity index (χ3n) is 5.16. The number of carbonyl (C=O) groups is 3. The first-order valence-corrected chi connectivity index (χ1v) is 13.9. The van der Waals surface area contributed by atoms with Gasteiger partial charge in [0.2, 0.25) is 0 Å². The molecule has 41 heavy (non-hydrogen) atoms. The van der Waals surface area contributed by atoms with Gasteiger partial charge in [-0.05, 0) is 31.2 Å². The van der Waals surface area contributed by atoms with Crippen LogP contribution < -0.4 is 19.9 Å². The lowest BCUT2D eigenvalue weighted by Crippen LogP contribution is -2.40. The number of pyridine rings is 1. The molecule has 18 heteroatoms. The highest BCUT2D eigenvalue weighted by Crippen LogP contribution is 2.29. The summed E-state index contributed by atoms with van der Waals surface area (Å²) < 4.78 is 42.4. The first kappa shape index (κ1) is 31.1. The van der Waals surface area contributed by atoms with Crippen LogP contribution in [0.5, 0.6) is 11.8 Å². The number of carboxylic acid groups (broad SMARTS) is 1. The van der Waals surface area contributed by atoms with Crippen LogP contribution in [0, 0.1) is 6.92 Å². The molecule has 0 aliphatic carbocycles. The molecular formula is C23H22ClN5O10S2. The highest BCUT2D eigenvalue weighted by atomic mass is 35.5. The lowest BCUT2D eigenvalue weighted by molar-refractivity contribution is -0.139. The summed E-state index contributed by atoms with van der Waals surface area (Å²) in [6.07, 6.45) is 1.60. The van der Waals surface area contributed by atoms with Crippen molar-refractivity contribution >= 4 is 61.8 Å². The van der Waals surface area contributed by atoms with Crippen LogP contribution in [0.1, 0.15) is 15.2 Å². The Balaban J connectivity index is 0.000000248. The van der Waals surface area contributed by atoms with E-state index >= 15 is 0 Å². The average Bonchev–Trinajstić information content (AvgIpc) is 3.47. The van der Waals surface area contributed by atoms with E-state index in [1.807, 2.05) is 0 Å². The van der Waals surface area contributed by atoms with E-state index in [9.17, 15) is 27.6 Å². The van der Waals surface area contributed by atoms with Crippen LogP contribution in [-0.4, -0.2) is 71.7 Å². The summed E-state index contributed by atoms with van der Waals surface area (Å²) in [6.45, 7) is 1.07. The van der Waals surface area contributed by atoms with Crippen LogP contribution in [0.3, 0.4) is 0 Å². The van der Waals surface area contributed by atoms with Gasteiger partial charge in [-0.1, -0.05) is 11.6 Å². The second-order valence-electron chi connectivity index (χ2n) is 7.80. The van der Waals surface area contributed by atoms with E-state index < -0.39 is 45.2 Å². The number of nitrogens with zero attached hydrogens (tertiary/aromatic N) is 4. The van der Waals surface area contributed by atoms with Gasteiger partial charge in [0.15, 0.2) is 6.61 Å². The van der Waals surface area contributed by atoms with Gasteiger partial charge >= 0.3 is 29.7 Å². The Morgan fingerprint density at radius 3 is 2.51 bits per heavy atom. The van der Waals surface area contributed by atoms with Crippen molar-refractivity contribution in [1.82, 2.24) is 24.1 Å². The number of rotatable bonds is 7. The fraction of sp³-hybridized carbons (Fsp3) is 0.217. The normalized spacial score (nSPS) is 10.9. The number of benzene rings is 1. The number of carbonyl (C=O) groups excluding carboxylic acids is 2. The van der Waals surface area contributed by atoms with E-state index in [2.05, 4.69) is 14.8 Å². The zero-order valence-electron chi connectivity index (χ0n) is 21.8. The van der Waals surface area contributed by atoms with Crippen LogP contribution >= 0.6 is 22.9 Å². The number of nitrogens with one attached hydrogen (secondary N) is 1. The summed E-state index contributed by atoms with van der Waals surface area (Å²) >= 11 is 6.98. The van der Waals surface area contributed by atoms with E-state index in [0.717, 1.165) is 28.4 Å². The third-order valence-corrected chi connectivity index (χ3v) is 8.04. The predicted molar refractivity (Wildman–Crippen MR) is 145 cm³/mol. The monoisotopic (exact) mass is 627 g/mol. The number of esters is 1. The number of halogens is 1. The quantitative estimate of drug-likeness (QED) is 0.283. The molecule has 3 heterocycles. The Morgan fingerprint density at radius 1 is 1.20 bits per heavy atom. The topological polar surface area (TPSA) is 198 Å². The number of carboxylic acids is 1. The molecule has 3 aromatic heterocycles. The molecule has 0 atom stereocenters. The molecule has 1 aromatic carbocycles. The predicted octanol–water partition coefficient (Wildman–Crippen LogP) is 2.05. The maximum absolute atomic E-state index is 12.5. The van der Waals surface area contributed by atoms with E-state index in [1.165, 1.54) is 26.5 Å². The van der Waals surface area contributed by atoms with E-state index in [0.29, 0.717) is 21.0 Å². The van der Waals surface area contributed by atoms with Crippen molar-refractivity contribution in [2.75, 3.05) is 20.8 Å². The van der Waals surface area contributed by atoms with Crippen molar-refractivity contribution in [1.29, 1.82) is 0 Å². The van der Waals surface area contributed by atoms with Gasteiger partial charge in [0.25, 0.3) is 10.0 Å². The molecule has 0 radical (unpaired) electrons. The van der Waals surface area contributed by atoms with Gasteiger partial charge in [-0.25, -0.2) is 36.9 Å². The minimum absolute atomic E-state index is 0.181. The summed E-state index contributed by atoms with van der Waals surface area (Å²) in [4.78, 5) is 50.2. The van der Waals surface area contributed by atoms with Crippen molar-refractivity contribution < 1.29 is 42.1 Å². The van der Waals surface area contributed by atoms with Gasteiger partial charge in [0.1, 0.15) is 16.2 Å². The first-order valence-electron chi connectivity index (χ1n) is 11.1. The number of hydrogen-bond donors (Lipinski definition) is 2. The minimum atomic E-state index is -4.45. The smallest absolute Gasteiger partial charge is 0.360 e. The molecule has 0 saturated carbocycles. The highest BCUT2D eigenvalue weighted by molar-refractivity contribution is 7.90. The zero-order valence-corrected chi connectivity index (χ0v) is 24.2. The zero-order chi connectivity index (χ0) is 30.5. The Morgan fingerprint density at radius 2 is 1.90 bits per heavy atom. The number of methoxy groups -OCH3 is 2. The number of sulfonamides is 1. The second kappa shape index (κ2) is 12.8. The van der Waals surface area contributed by atoms with Crippen molar-refractivity contribution in [2.45, 2.75) is 11.8 Å². The van der Waals surface area contributed by atoms with E-state index in [1.54, 1.807) is 35.2 Å². The van der Waals surface area contributed by atoms with Gasteiger partial charge in [0, 0.05) is 28.9 Å². The minimum Gasteiger partial charge on any atom is -0.480 e. The van der Waals surface area contributed by atoms with E-state index in [4.69, 9.17) is 26.2 Å². The van der Waals surface area contributed by atoms with Gasteiger partial charge in [-0.3, -0.25) is 4.98 Å². The summed E-state index contributed by atoms with van der Waals surface area (Å²) in [6, 6.07) is 5.33. The number of hydrogen-bond acceptors (Lipinski definition) is 12. The fourth-order valence-electron chi connectivity index (χ4n) is 3.34. The average molecular weight is 628 g/mol. The molecule has 2 N–H and O–H groups in total. The number of ether oxygens (including phenoxy) is 3. The van der Waals surface area contributed by atoms with Gasteiger partial charge in [-0.2, -0.15) is 0 Å². The standard InChI is InChI=1S/C12H14N4O7S2.C11H8ClNO3/c1-6-8(7(5-24-6)9(17)22-3)25(20,21)14-10(18)16-12(19)15(2)11(13-16)23-4;12-8-3-4-9(16-6-10(14)15)11-7(8)2-1-5-13-11/h5H,1-4H3,(H,14,18);1-5H,6H2,(H,14,15). The molecule has 0 unspecified atom stereocenters. The van der Waals surface area contributed by atoms with Crippen LogP contribution in [0.15, 0.2) is 45.5 Å². The van der Waals surface area contributed by atoms with Crippen molar-refractivity contribution in [3.63, 3.8) is 0 Å². The molecular weight excluding hydrogens is 606 g/mol. The Kier molecular flexibility index (Phi) is 9.69. The molecule has 0 aliphatic heterocycles. The number of thiophene rings is 1. The summed E-state index contributed by atoms with van der Waals surface area (Å²) in [7, 11) is -0.816. The number of aromatic nitrogens is 4. The third kappa shape index (κ3) is 6.82. The number of aliphatic carboxylic acids is 1. The van der Waals surface area contributed by atoms with Crippen LogP contribution in [-0.2, 0) is 26.6 Å². The summed E-state index contributed by atoms with van der Waals surface area (Å²) in [5.74, 6) is -1.48. The Labute approximate surface area is 240 Å². The highest BCUT2D eigenvalue weighted by Gasteiger charge is 2.30. The molecule has 0 spiro atoms. The lowest BCUT2D eigenvalue weighted by Gasteiger charge is -2.07. The van der Waals surface area contributed by atoms with Gasteiger partial charge < -0.3 is 19.3 Å². The maximum atomic E-state index is 12.5. The molecule has 218 valence electrons. The maximum Gasteiger partial charge on any atom is 0.360 e. The van der Waals surface area contributed by atoms with Crippen molar-refractivity contribution in [2.24, 2.45) is 7.05 Å². The molecule has 15 nitrogen and oxygen atoms in total. The lowest BCUT2D eigenvalue weighted by atomic mass is 10.2.